The van der Waals surface area contributed by atoms with Gasteiger partial charge in [0.25, 0.3) is 11.8 Å². The van der Waals surface area contributed by atoms with Crippen molar-refractivity contribution in [1.29, 1.82) is 0 Å². The zero-order valence-corrected chi connectivity index (χ0v) is 15.7. The minimum atomic E-state index is -0.339. The summed E-state index contributed by atoms with van der Waals surface area (Å²) < 4.78 is 5.06. The molecular weight excluding hydrogens is 370 g/mol. The van der Waals surface area contributed by atoms with Crippen molar-refractivity contribution in [2.75, 3.05) is 36.4 Å². The summed E-state index contributed by atoms with van der Waals surface area (Å²) >= 11 is 0. The average molecular weight is 391 g/mol. The molecule has 1 saturated heterocycles. The van der Waals surface area contributed by atoms with Crippen molar-refractivity contribution in [3.05, 3.63) is 78.3 Å². The van der Waals surface area contributed by atoms with E-state index in [1.165, 1.54) is 6.26 Å². The minimum absolute atomic E-state index is 0.0501. The maximum atomic E-state index is 12.8. The molecule has 7 nitrogen and oxygen atoms in total. The first-order valence-electron chi connectivity index (χ1n) is 9.39. The number of nitrogens with zero attached hydrogens (tertiary/aromatic N) is 2. The lowest BCUT2D eigenvalue weighted by Crippen LogP contribution is -2.48. The van der Waals surface area contributed by atoms with Gasteiger partial charge >= 0.3 is 0 Å². The first-order chi connectivity index (χ1) is 14.1. The quantitative estimate of drug-likeness (QED) is 0.713. The van der Waals surface area contributed by atoms with Crippen LogP contribution in [-0.4, -0.2) is 48.0 Å². The van der Waals surface area contributed by atoms with Gasteiger partial charge in [-0.25, -0.2) is 0 Å². The number of para-hydroxylation sites is 2. The van der Waals surface area contributed by atoms with Crippen LogP contribution in [0.25, 0.3) is 0 Å². The number of phenols is 1. The van der Waals surface area contributed by atoms with Gasteiger partial charge in [0.2, 0.25) is 0 Å². The number of rotatable bonds is 4. The third kappa shape index (κ3) is 4.08. The van der Waals surface area contributed by atoms with Crippen molar-refractivity contribution in [2.45, 2.75) is 0 Å². The summed E-state index contributed by atoms with van der Waals surface area (Å²) in [5, 5.41) is 12.7. The van der Waals surface area contributed by atoms with Gasteiger partial charge < -0.3 is 24.6 Å². The van der Waals surface area contributed by atoms with E-state index in [1.807, 2.05) is 12.1 Å². The Morgan fingerprint density at radius 3 is 2.28 bits per heavy atom. The number of aromatic hydroxyl groups is 1. The molecule has 148 valence electrons. The lowest BCUT2D eigenvalue weighted by atomic mass is 10.1. The molecule has 0 atom stereocenters. The van der Waals surface area contributed by atoms with E-state index in [-0.39, 0.29) is 23.3 Å². The molecule has 2 amide bonds. The van der Waals surface area contributed by atoms with Gasteiger partial charge in [-0.2, -0.15) is 0 Å². The Hall–Kier alpha value is -3.74. The van der Waals surface area contributed by atoms with Crippen LogP contribution in [-0.2, 0) is 0 Å². The number of carbonyl (C=O) groups excluding carboxylic acids is 2. The Bertz CT molecular complexity index is 991. The van der Waals surface area contributed by atoms with Crippen LogP contribution < -0.4 is 10.2 Å². The Morgan fingerprint density at radius 2 is 1.62 bits per heavy atom. The number of benzene rings is 2. The van der Waals surface area contributed by atoms with Gasteiger partial charge in [-0.3, -0.25) is 9.59 Å². The molecular formula is C22H21N3O4. The van der Waals surface area contributed by atoms with Crippen molar-refractivity contribution < 1.29 is 19.1 Å². The molecule has 0 spiro atoms. The van der Waals surface area contributed by atoms with Gasteiger partial charge in [-0.15, -0.1) is 0 Å². The van der Waals surface area contributed by atoms with E-state index in [4.69, 9.17) is 4.42 Å². The van der Waals surface area contributed by atoms with Crippen LogP contribution in [0.15, 0.2) is 71.3 Å². The number of anilines is 2. The van der Waals surface area contributed by atoms with Crippen molar-refractivity contribution in [3.63, 3.8) is 0 Å². The first kappa shape index (κ1) is 18.6. The number of hydrogen-bond donors (Lipinski definition) is 2. The third-order valence-corrected chi connectivity index (χ3v) is 4.92. The fraction of sp³-hybridized carbons (Fsp3) is 0.182. The van der Waals surface area contributed by atoms with Gasteiger partial charge in [-0.1, -0.05) is 12.1 Å². The number of amides is 2. The normalized spacial score (nSPS) is 13.9. The van der Waals surface area contributed by atoms with E-state index >= 15 is 0 Å². The molecule has 29 heavy (non-hydrogen) atoms. The predicted octanol–water partition coefficient (Wildman–Crippen LogP) is 3.20. The van der Waals surface area contributed by atoms with Crippen LogP contribution in [0.4, 0.5) is 11.4 Å². The maximum Gasteiger partial charge on any atom is 0.291 e. The van der Waals surface area contributed by atoms with Gasteiger partial charge in [0.1, 0.15) is 5.75 Å². The summed E-state index contributed by atoms with van der Waals surface area (Å²) in [6.07, 6.45) is 1.44. The van der Waals surface area contributed by atoms with Gasteiger partial charge in [0, 0.05) is 37.4 Å². The summed E-state index contributed by atoms with van der Waals surface area (Å²) in [5.74, 6) is 0.0899. The van der Waals surface area contributed by atoms with E-state index in [1.54, 1.807) is 53.4 Å². The second-order valence-electron chi connectivity index (χ2n) is 6.78. The molecule has 2 N–H and O–H groups in total. The molecule has 0 radical (unpaired) electrons. The van der Waals surface area contributed by atoms with Crippen molar-refractivity contribution in [2.24, 2.45) is 0 Å². The van der Waals surface area contributed by atoms with Crippen LogP contribution in [0, 0.1) is 0 Å². The van der Waals surface area contributed by atoms with Crippen LogP contribution in [0.3, 0.4) is 0 Å². The second kappa shape index (κ2) is 8.10. The minimum Gasteiger partial charge on any atom is -0.506 e. The summed E-state index contributed by atoms with van der Waals surface area (Å²) in [5.41, 5.74) is 1.94. The van der Waals surface area contributed by atoms with E-state index in [0.717, 1.165) is 5.69 Å². The molecule has 3 aromatic rings. The van der Waals surface area contributed by atoms with Crippen LogP contribution in [0.2, 0.25) is 0 Å². The number of piperazine rings is 1. The smallest absolute Gasteiger partial charge is 0.291 e. The molecule has 1 fully saturated rings. The molecule has 1 aliphatic heterocycles. The molecule has 0 unspecified atom stereocenters. The number of carbonyl (C=O) groups is 2. The standard InChI is InChI=1S/C22H21N3O4/c26-19-5-2-1-4-18(19)24-11-13-25(14-12-24)22(28)16-7-9-17(10-8-16)23-21(27)20-6-3-15-29-20/h1-10,15,26H,11-14H2,(H,23,27). The van der Waals surface area contributed by atoms with E-state index in [9.17, 15) is 14.7 Å². The number of hydrogen-bond acceptors (Lipinski definition) is 5. The predicted molar refractivity (Wildman–Crippen MR) is 109 cm³/mol. The lowest BCUT2D eigenvalue weighted by molar-refractivity contribution is 0.0746. The van der Waals surface area contributed by atoms with Crippen molar-refractivity contribution >= 4 is 23.2 Å². The molecule has 1 aliphatic rings. The molecule has 0 bridgehead atoms. The number of phenolic OH excluding ortho intramolecular Hbond substituents is 1. The Balaban J connectivity index is 1.35. The fourth-order valence-electron chi connectivity index (χ4n) is 3.36. The molecule has 7 heteroatoms. The van der Waals surface area contributed by atoms with Crippen molar-refractivity contribution in [3.8, 4) is 5.75 Å². The zero-order valence-electron chi connectivity index (χ0n) is 15.7. The monoisotopic (exact) mass is 391 g/mol. The summed E-state index contributed by atoms with van der Waals surface area (Å²) in [6, 6.07) is 17.3. The van der Waals surface area contributed by atoms with Gasteiger partial charge in [-0.05, 0) is 48.5 Å². The van der Waals surface area contributed by atoms with Crippen LogP contribution in [0.5, 0.6) is 5.75 Å². The Labute approximate surface area is 168 Å². The van der Waals surface area contributed by atoms with Crippen LogP contribution in [0.1, 0.15) is 20.9 Å². The van der Waals surface area contributed by atoms with Crippen molar-refractivity contribution in [1.82, 2.24) is 4.90 Å². The topological polar surface area (TPSA) is 86.0 Å². The maximum absolute atomic E-state index is 12.8. The summed E-state index contributed by atoms with van der Waals surface area (Å²) in [6.45, 7) is 2.45. The highest BCUT2D eigenvalue weighted by atomic mass is 16.3. The highest BCUT2D eigenvalue weighted by Crippen LogP contribution is 2.27. The summed E-state index contributed by atoms with van der Waals surface area (Å²) in [4.78, 5) is 28.7. The molecule has 0 saturated carbocycles. The molecule has 1 aromatic heterocycles. The number of furan rings is 1. The first-order valence-corrected chi connectivity index (χ1v) is 9.39. The summed E-state index contributed by atoms with van der Waals surface area (Å²) in [7, 11) is 0. The SMILES string of the molecule is O=C(Nc1ccc(C(=O)N2CCN(c3ccccc3O)CC2)cc1)c1ccco1. The largest absolute Gasteiger partial charge is 0.506 e. The lowest BCUT2D eigenvalue weighted by Gasteiger charge is -2.36. The molecule has 0 aliphatic carbocycles. The third-order valence-electron chi connectivity index (χ3n) is 4.92. The Kier molecular flexibility index (Phi) is 5.20. The van der Waals surface area contributed by atoms with Gasteiger partial charge in [0.05, 0.1) is 12.0 Å². The highest BCUT2D eigenvalue weighted by molar-refractivity contribution is 6.02. The van der Waals surface area contributed by atoms with E-state index in [2.05, 4.69) is 10.2 Å². The fourth-order valence-corrected chi connectivity index (χ4v) is 3.36. The van der Waals surface area contributed by atoms with Crippen LogP contribution >= 0.6 is 0 Å². The number of nitrogens with one attached hydrogen (secondary N) is 1. The average Bonchev–Trinajstić information content (AvgIpc) is 3.30. The molecule has 4 rings (SSSR count). The zero-order chi connectivity index (χ0) is 20.2. The van der Waals surface area contributed by atoms with E-state index < -0.39 is 0 Å². The second-order valence-corrected chi connectivity index (χ2v) is 6.78. The highest BCUT2D eigenvalue weighted by Gasteiger charge is 2.23. The molecule has 2 heterocycles. The Morgan fingerprint density at radius 1 is 0.897 bits per heavy atom. The molecule has 2 aromatic carbocycles. The van der Waals surface area contributed by atoms with Gasteiger partial charge in [0.15, 0.2) is 5.76 Å². The van der Waals surface area contributed by atoms with E-state index in [0.29, 0.717) is 37.4 Å².